The number of esters is 1. The van der Waals surface area contributed by atoms with Gasteiger partial charge in [0.05, 0.1) is 21.7 Å². The summed E-state index contributed by atoms with van der Waals surface area (Å²) in [5.74, 6) is -0.656. The molecule has 0 spiro atoms. The molecular formula is C19H12BrNO3S. The molecule has 124 valence electrons. The Bertz CT molecular complexity index is 955. The van der Waals surface area contributed by atoms with Crippen LogP contribution in [0.5, 0.6) is 0 Å². The van der Waals surface area contributed by atoms with Gasteiger partial charge in [-0.15, -0.1) is 11.3 Å². The quantitative estimate of drug-likeness (QED) is 0.553. The lowest BCUT2D eigenvalue weighted by Crippen LogP contribution is -2.41. The van der Waals surface area contributed by atoms with Crippen molar-refractivity contribution in [1.82, 2.24) is 0 Å². The summed E-state index contributed by atoms with van der Waals surface area (Å²) in [5, 5.41) is 1.89. The number of halogens is 1. The molecule has 0 fully saturated rings. The highest BCUT2D eigenvalue weighted by atomic mass is 79.9. The molecule has 25 heavy (non-hydrogen) atoms. The molecule has 0 saturated carbocycles. The zero-order valence-corrected chi connectivity index (χ0v) is 15.3. The highest BCUT2D eigenvalue weighted by Gasteiger charge is 2.38. The fraction of sp³-hybridized carbons (Fsp3) is 0.0526. The van der Waals surface area contributed by atoms with Crippen molar-refractivity contribution in [2.75, 3.05) is 4.90 Å². The summed E-state index contributed by atoms with van der Waals surface area (Å²) in [7, 11) is 0. The first-order valence-electron chi connectivity index (χ1n) is 7.58. The fourth-order valence-corrected chi connectivity index (χ4v) is 3.99. The Kier molecular flexibility index (Phi) is 4.15. The molecule has 1 aromatic heterocycles. The molecule has 1 unspecified atom stereocenters. The summed E-state index contributed by atoms with van der Waals surface area (Å²) in [4.78, 5) is 28.0. The molecule has 2 heterocycles. The van der Waals surface area contributed by atoms with E-state index in [9.17, 15) is 9.59 Å². The van der Waals surface area contributed by atoms with Crippen LogP contribution >= 0.6 is 27.3 Å². The number of fused-ring (bicyclic) bond motifs is 1. The summed E-state index contributed by atoms with van der Waals surface area (Å²) in [5.41, 5.74) is 1.45. The van der Waals surface area contributed by atoms with E-state index in [2.05, 4.69) is 15.9 Å². The number of ether oxygens (including phenoxy) is 1. The first kappa shape index (κ1) is 16.1. The monoisotopic (exact) mass is 413 g/mol. The fourth-order valence-electron chi connectivity index (χ4n) is 2.80. The Hall–Kier alpha value is -2.44. The summed E-state index contributed by atoms with van der Waals surface area (Å²) < 4.78 is 6.31. The molecule has 6 heteroatoms. The number of anilines is 1. The van der Waals surface area contributed by atoms with Gasteiger partial charge in [-0.1, -0.05) is 30.3 Å². The van der Waals surface area contributed by atoms with E-state index in [1.54, 1.807) is 35.2 Å². The van der Waals surface area contributed by atoms with E-state index in [1.165, 1.54) is 11.3 Å². The lowest BCUT2D eigenvalue weighted by molar-refractivity contribution is 0.0257. The second-order valence-corrected chi connectivity index (χ2v) is 7.28. The minimum absolute atomic E-state index is 0.231. The molecule has 0 bridgehead atoms. The maximum atomic E-state index is 13.3. The van der Waals surface area contributed by atoms with E-state index in [1.807, 2.05) is 35.7 Å². The Morgan fingerprint density at radius 3 is 2.56 bits per heavy atom. The summed E-state index contributed by atoms with van der Waals surface area (Å²) in [6.45, 7) is 0. The normalized spacial score (nSPS) is 16.3. The van der Waals surface area contributed by atoms with Crippen molar-refractivity contribution in [2.45, 2.75) is 6.23 Å². The van der Waals surface area contributed by atoms with Crippen LogP contribution < -0.4 is 4.90 Å². The molecule has 3 aromatic rings. The van der Waals surface area contributed by atoms with E-state index in [0.717, 1.165) is 4.88 Å². The van der Waals surface area contributed by atoms with Crippen LogP contribution in [0, 0.1) is 0 Å². The molecule has 4 rings (SSSR count). The zero-order valence-electron chi connectivity index (χ0n) is 12.9. The van der Waals surface area contributed by atoms with E-state index in [0.29, 0.717) is 21.3 Å². The standard InChI is InChI=1S/C19H12BrNO3S/c20-14-8-3-1-6-12(14)17(22)21-15-9-4-2-7-13(15)19(23)24-18(21)16-10-5-11-25-16/h1-11,18H. The zero-order chi connectivity index (χ0) is 17.4. The first-order valence-corrected chi connectivity index (χ1v) is 9.25. The number of hydrogen-bond donors (Lipinski definition) is 0. The van der Waals surface area contributed by atoms with E-state index in [-0.39, 0.29) is 5.91 Å². The third-order valence-electron chi connectivity index (χ3n) is 3.95. The third kappa shape index (κ3) is 2.77. The molecule has 0 N–H and O–H groups in total. The molecule has 1 atom stereocenters. The lowest BCUT2D eigenvalue weighted by Gasteiger charge is -2.35. The van der Waals surface area contributed by atoms with Gasteiger partial charge in [-0.3, -0.25) is 9.69 Å². The van der Waals surface area contributed by atoms with Crippen molar-refractivity contribution in [3.05, 3.63) is 86.5 Å². The molecule has 4 nitrogen and oxygen atoms in total. The topological polar surface area (TPSA) is 46.6 Å². The molecular weight excluding hydrogens is 402 g/mol. The number of rotatable bonds is 2. The summed E-state index contributed by atoms with van der Waals surface area (Å²) in [6, 6.07) is 17.9. The van der Waals surface area contributed by atoms with Crippen molar-refractivity contribution in [1.29, 1.82) is 0 Å². The highest BCUT2D eigenvalue weighted by Crippen LogP contribution is 2.39. The van der Waals surface area contributed by atoms with Crippen LogP contribution in [0.15, 0.2) is 70.5 Å². The van der Waals surface area contributed by atoms with Gasteiger partial charge >= 0.3 is 5.97 Å². The number of carbonyl (C=O) groups is 2. The van der Waals surface area contributed by atoms with Crippen LogP contribution in [0.3, 0.4) is 0 Å². The first-order chi connectivity index (χ1) is 12.2. The minimum Gasteiger partial charge on any atom is -0.432 e. The molecule has 0 radical (unpaired) electrons. The number of hydrogen-bond acceptors (Lipinski definition) is 4. The minimum atomic E-state index is -0.776. The van der Waals surface area contributed by atoms with Crippen molar-refractivity contribution in [2.24, 2.45) is 0 Å². The molecule has 1 aliphatic heterocycles. The van der Waals surface area contributed by atoms with Crippen molar-refractivity contribution in [3.63, 3.8) is 0 Å². The highest BCUT2D eigenvalue weighted by molar-refractivity contribution is 9.10. The van der Waals surface area contributed by atoms with Crippen molar-refractivity contribution in [3.8, 4) is 0 Å². The molecule has 2 aromatic carbocycles. The molecule has 1 aliphatic rings. The van der Waals surface area contributed by atoms with Gasteiger partial charge in [0.15, 0.2) is 0 Å². The number of thiophene rings is 1. The number of nitrogens with zero attached hydrogens (tertiary/aromatic N) is 1. The Morgan fingerprint density at radius 2 is 1.80 bits per heavy atom. The van der Waals surface area contributed by atoms with Crippen molar-refractivity contribution >= 4 is 44.8 Å². The second kappa shape index (κ2) is 6.46. The Morgan fingerprint density at radius 1 is 1.04 bits per heavy atom. The Labute approximate surface area is 156 Å². The summed E-state index contributed by atoms with van der Waals surface area (Å²) in [6.07, 6.45) is -0.776. The van der Waals surface area contributed by atoms with Crippen LogP contribution in [0.4, 0.5) is 5.69 Å². The number of para-hydroxylation sites is 1. The van der Waals surface area contributed by atoms with Gasteiger partial charge < -0.3 is 4.74 Å². The smallest absolute Gasteiger partial charge is 0.342 e. The second-order valence-electron chi connectivity index (χ2n) is 5.45. The lowest BCUT2D eigenvalue weighted by atomic mass is 10.1. The van der Waals surface area contributed by atoms with E-state index < -0.39 is 12.2 Å². The van der Waals surface area contributed by atoms with Gasteiger partial charge in [0.1, 0.15) is 0 Å². The van der Waals surface area contributed by atoms with E-state index >= 15 is 0 Å². The molecule has 0 saturated heterocycles. The van der Waals surface area contributed by atoms with Gasteiger partial charge in [-0.25, -0.2) is 4.79 Å². The maximum Gasteiger partial charge on any atom is 0.342 e. The van der Waals surface area contributed by atoms with Crippen LogP contribution in [0.25, 0.3) is 0 Å². The van der Waals surface area contributed by atoms with Gasteiger partial charge in [-0.05, 0) is 51.6 Å². The van der Waals surface area contributed by atoms with Crippen LogP contribution in [-0.4, -0.2) is 11.9 Å². The van der Waals surface area contributed by atoms with Crippen LogP contribution in [0.2, 0.25) is 0 Å². The van der Waals surface area contributed by atoms with Gasteiger partial charge in [0, 0.05) is 4.47 Å². The molecule has 1 amide bonds. The van der Waals surface area contributed by atoms with Crippen LogP contribution in [-0.2, 0) is 4.74 Å². The predicted octanol–water partition coefficient (Wildman–Crippen LogP) is 5.03. The SMILES string of the molecule is O=C1OC(c2cccs2)N(C(=O)c2ccccc2Br)c2ccccc21. The summed E-state index contributed by atoms with van der Waals surface area (Å²) >= 11 is 4.88. The largest absolute Gasteiger partial charge is 0.432 e. The average Bonchev–Trinajstić information content (AvgIpc) is 3.16. The average molecular weight is 414 g/mol. The maximum absolute atomic E-state index is 13.3. The van der Waals surface area contributed by atoms with Gasteiger partial charge in [-0.2, -0.15) is 0 Å². The number of amides is 1. The predicted molar refractivity (Wildman–Crippen MR) is 99.9 cm³/mol. The van der Waals surface area contributed by atoms with Gasteiger partial charge in [0.25, 0.3) is 5.91 Å². The van der Waals surface area contributed by atoms with Gasteiger partial charge in [0.2, 0.25) is 6.23 Å². The van der Waals surface area contributed by atoms with E-state index in [4.69, 9.17) is 4.74 Å². The number of benzene rings is 2. The third-order valence-corrected chi connectivity index (χ3v) is 5.54. The number of carbonyl (C=O) groups excluding carboxylic acids is 2. The van der Waals surface area contributed by atoms with Crippen molar-refractivity contribution < 1.29 is 14.3 Å². The number of cyclic esters (lactones) is 1. The molecule has 0 aliphatic carbocycles. The Balaban J connectivity index is 1.88. The van der Waals surface area contributed by atoms with Crippen LogP contribution in [0.1, 0.15) is 31.8 Å².